The standard InChI is InChI=1S/C34H39NO6/c1-5-19-40-27-15-12-25(13-16-27)32(36)30-31(35(34(38)33(30)37)22-24-10-8-7-9-11-24)26-14-17-28(29(21-26)39-6-2)41-20-18-23(3)4/h7-17,21,23,31,36H,5-6,18-20,22H2,1-4H3/b32-30+. The minimum absolute atomic E-state index is 0.0316. The quantitative estimate of drug-likeness (QED) is 0.139. The molecule has 1 saturated heterocycles. The van der Waals surface area contributed by atoms with E-state index >= 15 is 0 Å². The number of aliphatic hydroxyl groups is 1. The summed E-state index contributed by atoms with van der Waals surface area (Å²) in [5, 5.41) is 11.5. The molecule has 7 nitrogen and oxygen atoms in total. The molecule has 1 aliphatic rings. The summed E-state index contributed by atoms with van der Waals surface area (Å²) in [4.78, 5) is 28.5. The van der Waals surface area contributed by atoms with E-state index in [9.17, 15) is 14.7 Å². The Hall–Kier alpha value is -4.26. The zero-order valence-corrected chi connectivity index (χ0v) is 24.3. The summed E-state index contributed by atoms with van der Waals surface area (Å²) in [5.41, 5.74) is 1.97. The van der Waals surface area contributed by atoms with Gasteiger partial charge in [-0.3, -0.25) is 9.59 Å². The third-order valence-corrected chi connectivity index (χ3v) is 6.87. The van der Waals surface area contributed by atoms with Gasteiger partial charge in [-0.2, -0.15) is 0 Å². The maximum atomic E-state index is 13.5. The van der Waals surface area contributed by atoms with Crippen LogP contribution in [0.5, 0.6) is 17.2 Å². The van der Waals surface area contributed by atoms with Crippen molar-refractivity contribution in [2.75, 3.05) is 19.8 Å². The number of benzene rings is 3. The molecule has 1 atom stereocenters. The number of rotatable bonds is 13. The molecule has 1 heterocycles. The van der Waals surface area contributed by atoms with E-state index in [1.54, 1.807) is 30.3 Å². The Kier molecular flexibility index (Phi) is 10.1. The number of hydrogen-bond acceptors (Lipinski definition) is 6. The second-order valence-corrected chi connectivity index (χ2v) is 10.5. The van der Waals surface area contributed by atoms with Crippen molar-refractivity contribution in [1.82, 2.24) is 4.90 Å². The third-order valence-electron chi connectivity index (χ3n) is 6.87. The zero-order chi connectivity index (χ0) is 29.4. The lowest BCUT2D eigenvalue weighted by atomic mass is 9.94. The average Bonchev–Trinajstić information content (AvgIpc) is 3.22. The first-order valence-electron chi connectivity index (χ1n) is 14.3. The molecule has 4 rings (SSSR count). The predicted octanol–water partition coefficient (Wildman–Crippen LogP) is 6.92. The summed E-state index contributed by atoms with van der Waals surface area (Å²) in [6.45, 7) is 9.93. The number of carbonyl (C=O) groups is 2. The SMILES string of the molecule is CCCOc1ccc(/C(O)=C2\C(=O)C(=O)N(Cc3ccccc3)C2c2ccc(OCCC(C)C)c(OCC)c2)cc1. The molecular weight excluding hydrogens is 518 g/mol. The molecule has 0 aromatic heterocycles. The van der Waals surface area contributed by atoms with Crippen LogP contribution in [0.15, 0.2) is 78.4 Å². The lowest BCUT2D eigenvalue weighted by Gasteiger charge is -2.26. The highest BCUT2D eigenvalue weighted by molar-refractivity contribution is 6.46. The minimum atomic E-state index is -0.824. The second kappa shape index (κ2) is 13.9. The number of ether oxygens (including phenoxy) is 3. The van der Waals surface area contributed by atoms with Crippen molar-refractivity contribution < 1.29 is 28.9 Å². The van der Waals surface area contributed by atoms with Crippen molar-refractivity contribution in [3.8, 4) is 17.2 Å². The lowest BCUT2D eigenvalue weighted by molar-refractivity contribution is -0.140. The lowest BCUT2D eigenvalue weighted by Crippen LogP contribution is -2.29. The van der Waals surface area contributed by atoms with Gasteiger partial charge in [0.05, 0.1) is 31.4 Å². The molecule has 41 heavy (non-hydrogen) atoms. The number of hydrogen-bond donors (Lipinski definition) is 1. The van der Waals surface area contributed by atoms with Gasteiger partial charge in [0.2, 0.25) is 0 Å². The van der Waals surface area contributed by atoms with Crippen molar-refractivity contribution in [2.24, 2.45) is 5.92 Å². The number of amides is 1. The van der Waals surface area contributed by atoms with Gasteiger partial charge in [0.25, 0.3) is 11.7 Å². The third kappa shape index (κ3) is 7.09. The van der Waals surface area contributed by atoms with E-state index in [4.69, 9.17) is 14.2 Å². The molecular formula is C34H39NO6. The average molecular weight is 558 g/mol. The molecule has 3 aromatic carbocycles. The summed E-state index contributed by atoms with van der Waals surface area (Å²) < 4.78 is 17.6. The summed E-state index contributed by atoms with van der Waals surface area (Å²) in [5.74, 6) is 0.647. The van der Waals surface area contributed by atoms with Crippen molar-refractivity contribution in [3.63, 3.8) is 0 Å². The summed E-state index contributed by atoms with van der Waals surface area (Å²) in [7, 11) is 0. The Morgan fingerprint density at radius 1 is 0.878 bits per heavy atom. The molecule has 7 heteroatoms. The fraction of sp³-hybridized carbons (Fsp3) is 0.353. The molecule has 1 unspecified atom stereocenters. The van der Waals surface area contributed by atoms with Gasteiger partial charge in [-0.15, -0.1) is 0 Å². The molecule has 3 aromatic rings. The van der Waals surface area contributed by atoms with Gasteiger partial charge in [0.15, 0.2) is 11.5 Å². The molecule has 1 aliphatic heterocycles. The molecule has 1 N–H and O–H groups in total. The van der Waals surface area contributed by atoms with Crippen LogP contribution in [0.2, 0.25) is 0 Å². The molecule has 1 amide bonds. The topological polar surface area (TPSA) is 85.3 Å². The number of nitrogens with zero attached hydrogens (tertiary/aromatic N) is 1. The zero-order valence-electron chi connectivity index (χ0n) is 24.3. The molecule has 1 fully saturated rings. The van der Waals surface area contributed by atoms with Gasteiger partial charge in [-0.25, -0.2) is 0 Å². The van der Waals surface area contributed by atoms with Gasteiger partial charge in [-0.1, -0.05) is 57.2 Å². The number of aliphatic hydroxyl groups excluding tert-OH is 1. The van der Waals surface area contributed by atoms with Gasteiger partial charge in [-0.05, 0) is 73.2 Å². The van der Waals surface area contributed by atoms with Crippen LogP contribution in [0, 0.1) is 5.92 Å². The first-order chi connectivity index (χ1) is 19.8. The van der Waals surface area contributed by atoms with Crippen molar-refractivity contribution in [2.45, 2.75) is 53.1 Å². The highest BCUT2D eigenvalue weighted by Gasteiger charge is 2.46. The number of ketones is 1. The predicted molar refractivity (Wildman–Crippen MR) is 159 cm³/mol. The Morgan fingerprint density at radius 3 is 2.27 bits per heavy atom. The molecule has 0 bridgehead atoms. The fourth-order valence-corrected chi connectivity index (χ4v) is 4.74. The maximum Gasteiger partial charge on any atom is 0.295 e. The van der Waals surface area contributed by atoms with Gasteiger partial charge in [0, 0.05) is 12.1 Å². The highest BCUT2D eigenvalue weighted by Crippen LogP contribution is 2.43. The van der Waals surface area contributed by atoms with E-state index in [1.807, 2.05) is 56.3 Å². The van der Waals surface area contributed by atoms with Crippen molar-refractivity contribution in [1.29, 1.82) is 0 Å². The second-order valence-electron chi connectivity index (χ2n) is 10.5. The van der Waals surface area contributed by atoms with E-state index in [0.29, 0.717) is 54.1 Å². The van der Waals surface area contributed by atoms with Crippen LogP contribution in [-0.2, 0) is 16.1 Å². The van der Waals surface area contributed by atoms with E-state index in [-0.39, 0.29) is 17.9 Å². The van der Waals surface area contributed by atoms with Crippen LogP contribution < -0.4 is 14.2 Å². The Balaban J connectivity index is 1.78. The fourth-order valence-electron chi connectivity index (χ4n) is 4.74. The van der Waals surface area contributed by atoms with Crippen molar-refractivity contribution in [3.05, 3.63) is 95.1 Å². The van der Waals surface area contributed by atoms with Crippen LogP contribution in [-0.4, -0.2) is 41.5 Å². The summed E-state index contributed by atoms with van der Waals surface area (Å²) >= 11 is 0. The van der Waals surface area contributed by atoms with Crippen LogP contribution >= 0.6 is 0 Å². The molecule has 0 radical (unpaired) electrons. The number of likely N-dealkylation sites (tertiary alicyclic amines) is 1. The van der Waals surface area contributed by atoms with Crippen LogP contribution in [0.1, 0.15) is 63.3 Å². The summed E-state index contributed by atoms with van der Waals surface area (Å²) in [6.07, 6.45) is 1.77. The van der Waals surface area contributed by atoms with Crippen molar-refractivity contribution >= 4 is 17.4 Å². The highest BCUT2D eigenvalue weighted by atomic mass is 16.5. The van der Waals surface area contributed by atoms with Crippen LogP contribution in [0.3, 0.4) is 0 Å². The first kappa shape index (κ1) is 29.7. The number of Topliss-reactive ketones (excluding diaryl/α,β-unsaturated/α-hetero) is 1. The van der Waals surface area contributed by atoms with Crippen LogP contribution in [0.25, 0.3) is 5.76 Å². The monoisotopic (exact) mass is 557 g/mol. The Bertz CT molecular complexity index is 1360. The Morgan fingerprint density at radius 2 is 1.61 bits per heavy atom. The van der Waals surface area contributed by atoms with Gasteiger partial charge < -0.3 is 24.2 Å². The van der Waals surface area contributed by atoms with E-state index in [2.05, 4.69) is 13.8 Å². The normalized spacial score (nSPS) is 16.3. The van der Waals surface area contributed by atoms with Gasteiger partial charge >= 0.3 is 0 Å². The Labute approximate surface area is 242 Å². The number of carbonyl (C=O) groups excluding carboxylic acids is 2. The van der Waals surface area contributed by atoms with Gasteiger partial charge in [0.1, 0.15) is 11.5 Å². The maximum absolute atomic E-state index is 13.5. The molecule has 0 saturated carbocycles. The van der Waals surface area contributed by atoms with E-state index in [1.165, 1.54) is 4.90 Å². The molecule has 216 valence electrons. The van der Waals surface area contributed by atoms with Crippen LogP contribution in [0.4, 0.5) is 0 Å². The summed E-state index contributed by atoms with van der Waals surface area (Å²) in [6, 6.07) is 21.0. The smallest absolute Gasteiger partial charge is 0.295 e. The largest absolute Gasteiger partial charge is 0.507 e. The minimum Gasteiger partial charge on any atom is -0.507 e. The van der Waals surface area contributed by atoms with E-state index in [0.717, 1.165) is 18.4 Å². The van der Waals surface area contributed by atoms with E-state index < -0.39 is 17.7 Å². The molecule has 0 spiro atoms. The first-order valence-corrected chi connectivity index (χ1v) is 14.3. The molecule has 0 aliphatic carbocycles.